The fourth-order valence-corrected chi connectivity index (χ4v) is 4.29. The van der Waals surface area contributed by atoms with E-state index in [4.69, 9.17) is 9.47 Å². The average Bonchev–Trinajstić information content (AvgIpc) is 2.87. The standard InChI is InChI=1S/C28H32N4O4/c1-18(2)29-27(33)25-15-21(30-28(34)31-22-13-23(35-3)16-24(14-22)36-4)9-10-26(25)32-12-11-19-7-5-6-8-20(19)17-32/h5-10,13-16,18H,11-12,17H2,1-4H3,(H,29,33)(H2,30,31,34). The first kappa shape index (κ1) is 24.9. The number of ether oxygens (including phenoxy) is 2. The zero-order chi connectivity index (χ0) is 25.7. The molecule has 3 N–H and O–H groups in total. The number of amides is 3. The minimum atomic E-state index is -0.444. The van der Waals surface area contributed by atoms with Crippen LogP contribution in [-0.2, 0) is 13.0 Å². The van der Waals surface area contributed by atoms with Crippen LogP contribution in [0.5, 0.6) is 11.5 Å². The Kier molecular flexibility index (Phi) is 7.63. The molecule has 0 fully saturated rings. The second kappa shape index (κ2) is 11.0. The summed E-state index contributed by atoms with van der Waals surface area (Å²) in [5.41, 5.74) is 4.98. The summed E-state index contributed by atoms with van der Waals surface area (Å²) in [5.74, 6) is 0.940. The number of rotatable bonds is 7. The molecule has 0 aromatic heterocycles. The molecule has 3 aromatic rings. The van der Waals surface area contributed by atoms with Gasteiger partial charge in [0.05, 0.1) is 19.8 Å². The Bertz CT molecular complexity index is 1240. The molecule has 1 aliphatic heterocycles. The van der Waals surface area contributed by atoms with Crippen LogP contribution in [0.1, 0.15) is 35.3 Å². The summed E-state index contributed by atoms with van der Waals surface area (Å²) < 4.78 is 10.5. The van der Waals surface area contributed by atoms with Crippen molar-refractivity contribution in [2.24, 2.45) is 0 Å². The molecule has 0 saturated heterocycles. The highest BCUT2D eigenvalue weighted by molar-refractivity contribution is 6.04. The topological polar surface area (TPSA) is 91.9 Å². The van der Waals surface area contributed by atoms with E-state index >= 15 is 0 Å². The number of carbonyl (C=O) groups is 2. The lowest BCUT2D eigenvalue weighted by atomic mass is 9.98. The fraction of sp³-hybridized carbons (Fsp3) is 0.286. The van der Waals surface area contributed by atoms with Gasteiger partial charge in [0, 0.05) is 54.4 Å². The maximum absolute atomic E-state index is 13.1. The van der Waals surface area contributed by atoms with Crippen molar-refractivity contribution in [3.63, 3.8) is 0 Å². The molecule has 0 bridgehead atoms. The van der Waals surface area contributed by atoms with E-state index in [2.05, 4.69) is 39.0 Å². The molecule has 4 rings (SSSR count). The second-order valence-electron chi connectivity index (χ2n) is 8.98. The molecule has 0 unspecified atom stereocenters. The van der Waals surface area contributed by atoms with Crippen LogP contribution < -0.4 is 30.3 Å². The molecule has 188 valence electrons. The Morgan fingerprint density at radius 1 is 0.861 bits per heavy atom. The van der Waals surface area contributed by atoms with Gasteiger partial charge < -0.3 is 30.3 Å². The van der Waals surface area contributed by atoms with E-state index in [-0.39, 0.29) is 11.9 Å². The number of carbonyl (C=O) groups excluding carboxylic acids is 2. The van der Waals surface area contributed by atoms with E-state index in [0.717, 1.165) is 25.2 Å². The van der Waals surface area contributed by atoms with Crippen LogP contribution >= 0.6 is 0 Å². The first-order valence-corrected chi connectivity index (χ1v) is 11.9. The normalized spacial score (nSPS) is 12.5. The lowest BCUT2D eigenvalue weighted by Crippen LogP contribution is -2.35. The van der Waals surface area contributed by atoms with Crippen molar-refractivity contribution in [1.29, 1.82) is 0 Å². The Morgan fingerprint density at radius 3 is 2.19 bits per heavy atom. The largest absolute Gasteiger partial charge is 0.497 e. The highest BCUT2D eigenvalue weighted by Gasteiger charge is 2.22. The maximum Gasteiger partial charge on any atom is 0.323 e. The van der Waals surface area contributed by atoms with Gasteiger partial charge in [0.25, 0.3) is 5.91 Å². The Labute approximate surface area is 211 Å². The van der Waals surface area contributed by atoms with E-state index in [1.54, 1.807) is 38.5 Å². The number of hydrogen-bond donors (Lipinski definition) is 3. The van der Waals surface area contributed by atoms with E-state index in [0.29, 0.717) is 28.4 Å². The van der Waals surface area contributed by atoms with Gasteiger partial charge in [0.15, 0.2) is 0 Å². The van der Waals surface area contributed by atoms with Crippen molar-refractivity contribution in [3.05, 3.63) is 77.4 Å². The fourth-order valence-electron chi connectivity index (χ4n) is 4.29. The van der Waals surface area contributed by atoms with Gasteiger partial charge in [0.2, 0.25) is 0 Å². The summed E-state index contributed by atoms with van der Waals surface area (Å²) in [4.78, 5) is 28.1. The molecule has 3 amide bonds. The van der Waals surface area contributed by atoms with Crippen LogP contribution in [0.4, 0.5) is 21.9 Å². The van der Waals surface area contributed by atoms with Gasteiger partial charge in [-0.2, -0.15) is 0 Å². The molecule has 1 aliphatic rings. The van der Waals surface area contributed by atoms with E-state index in [1.165, 1.54) is 11.1 Å². The van der Waals surface area contributed by atoms with Crippen LogP contribution in [0.25, 0.3) is 0 Å². The van der Waals surface area contributed by atoms with Gasteiger partial charge in [-0.25, -0.2) is 4.79 Å². The maximum atomic E-state index is 13.1. The highest BCUT2D eigenvalue weighted by Crippen LogP contribution is 2.30. The van der Waals surface area contributed by atoms with Gasteiger partial charge in [-0.15, -0.1) is 0 Å². The minimum absolute atomic E-state index is 0.0182. The van der Waals surface area contributed by atoms with Crippen LogP contribution in [-0.4, -0.2) is 38.7 Å². The zero-order valence-electron chi connectivity index (χ0n) is 21.1. The molecule has 3 aromatic carbocycles. The van der Waals surface area contributed by atoms with Crippen LogP contribution in [0.2, 0.25) is 0 Å². The summed E-state index contributed by atoms with van der Waals surface area (Å²) in [6, 6.07) is 18.5. The monoisotopic (exact) mass is 488 g/mol. The van der Waals surface area contributed by atoms with Crippen molar-refractivity contribution >= 4 is 29.0 Å². The molecule has 0 saturated carbocycles. The van der Waals surface area contributed by atoms with E-state index in [9.17, 15) is 9.59 Å². The predicted molar refractivity (Wildman–Crippen MR) is 142 cm³/mol. The number of methoxy groups -OCH3 is 2. The average molecular weight is 489 g/mol. The van der Waals surface area contributed by atoms with Crippen LogP contribution in [0.3, 0.4) is 0 Å². The van der Waals surface area contributed by atoms with Gasteiger partial charge in [-0.1, -0.05) is 24.3 Å². The zero-order valence-corrected chi connectivity index (χ0v) is 21.1. The van der Waals surface area contributed by atoms with Crippen molar-refractivity contribution < 1.29 is 19.1 Å². The van der Waals surface area contributed by atoms with Gasteiger partial charge in [-0.3, -0.25) is 4.79 Å². The third kappa shape index (κ3) is 5.89. The quantitative estimate of drug-likeness (QED) is 0.433. The minimum Gasteiger partial charge on any atom is -0.497 e. The number of benzene rings is 3. The SMILES string of the molecule is COc1cc(NC(=O)Nc2ccc(N3CCc4ccccc4C3)c(C(=O)NC(C)C)c2)cc(OC)c1. The first-order chi connectivity index (χ1) is 17.4. The molecular weight excluding hydrogens is 456 g/mol. The molecule has 1 heterocycles. The summed E-state index contributed by atoms with van der Waals surface area (Å²) in [5, 5.41) is 8.60. The molecule has 0 radical (unpaired) electrons. The van der Waals surface area contributed by atoms with Crippen LogP contribution in [0, 0.1) is 0 Å². The Morgan fingerprint density at radius 2 is 1.53 bits per heavy atom. The molecule has 36 heavy (non-hydrogen) atoms. The highest BCUT2D eigenvalue weighted by atomic mass is 16.5. The van der Waals surface area contributed by atoms with E-state index < -0.39 is 6.03 Å². The number of fused-ring (bicyclic) bond motifs is 1. The molecule has 8 heteroatoms. The summed E-state index contributed by atoms with van der Waals surface area (Å²) in [7, 11) is 3.09. The van der Waals surface area contributed by atoms with Gasteiger partial charge >= 0.3 is 6.03 Å². The van der Waals surface area contributed by atoms with Crippen molar-refractivity contribution in [2.45, 2.75) is 32.9 Å². The lowest BCUT2D eigenvalue weighted by Gasteiger charge is -2.32. The second-order valence-corrected chi connectivity index (χ2v) is 8.98. The predicted octanol–water partition coefficient (Wildman–Crippen LogP) is 5.05. The number of hydrogen-bond acceptors (Lipinski definition) is 5. The Balaban J connectivity index is 1.56. The van der Waals surface area contributed by atoms with Crippen molar-refractivity contribution in [1.82, 2.24) is 5.32 Å². The summed E-state index contributed by atoms with van der Waals surface area (Å²) >= 11 is 0. The Hall–Kier alpha value is -4.20. The summed E-state index contributed by atoms with van der Waals surface area (Å²) in [6.07, 6.45) is 0.911. The van der Waals surface area contributed by atoms with Crippen LogP contribution in [0.15, 0.2) is 60.7 Å². The van der Waals surface area contributed by atoms with Gasteiger partial charge in [-0.05, 0) is 49.6 Å². The van der Waals surface area contributed by atoms with E-state index in [1.807, 2.05) is 32.0 Å². The third-order valence-corrected chi connectivity index (χ3v) is 6.00. The summed E-state index contributed by atoms with van der Waals surface area (Å²) in [6.45, 7) is 5.38. The molecular formula is C28H32N4O4. The molecule has 0 spiro atoms. The number of nitrogens with zero attached hydrogens (tertiary/aromatic N) is 1. The molecule has 0 atom stereocenters. The lowest BCUT2D eigenvalue weighted by molar-refractivity contribution is 0.0943. The number of urea groups is 1. The van der Waals surface area contributed by atoms with Gasteiger partial charge in [0.1, 0.15) is 11.5 Å². The first-order valence-electron chi connectivity index (χ1n) is 11.9. The third-order valence-electron chi connectivity index (χ3n) is 6.00. The smallest absolute Gasteiger partial charge is 0.323 e. The number of anilines is 3. The van der Waals surface area contributed by atoms with Crippen molar-refractivity contribution in [2.75, 3.05) is 36.3 Å². The number of nitrogens with one attached hydrogen (secondary N) is 3. The van der Waals surface area contributed by atoms with Crippen molar-refractivity contribution in [3.8, 4) is 11.5 Å². The molecule has 8 nitrogen and oxygen atoms in total. The molecule has 0 aliphatic carbocycles.